The van der Waals surface area contributed by atoms with Gasteiger partial charge in [-0.1, -0.05) is 0 Å². The lowest BCUT2D eigenvalue weighted by atomic mass is 9.99. The Morgan fingerprint density at radius 2 is 2.11 bits per heavy atom. The maximum absolute atomic E-state index is 12.0. The fraction of sp³-hybridized carbons (Fsp3) is 0.533. The highest BCUT2D eigenvalue weighted by Crippen LogP contribution is 2.18. The number of carbonyl (C=O) groups excluding carboxylic acids is 1. The molecule has 0 aromatic heterocycles. The summed E-state index contributed by atoms with van der Waals surface area (Å²) in [7, 11) is 0. The second-order valence-corrected chi connectivity index (χ2v) is 5.22. The van der Waals surface area contributed by atoms with Crippen LogP contribution in [0.5, 0.6) is 5.75 Å². The highest BCUT2D eigenvalue weighted by molar-refractivity contribution is 5.92. The number of nitrogens with one attached hydrogen (secondary N) is 2. The molecule has 1 aromatic rings. The van der Waals surface area contributed by atoms with Gasteiger partial charge < -0.3 is 15.4 Å². The number of carbonyl (C=O) groups is 1. The predicted octanol–water partition coefficient (Wildman–Crippen LogP) is 2.41. The third kappa shape index (κ3) is 4.24. The zero-order chi connectivity index (χ0) is 13.7. The monoisotopic (exact) mass is 262 g/mol. The fourth-order valence-electron chi connectivity index (χ4n) is 2.21. The molecular formula is C15H22N2O2. The zero-order valence-corrected chi connectivity index (χ0v) is 11.6. The van der Waals surface area contributed by atoms with E-state index in [-0.39, 0.29) is 17.9 Å². The van der Waals surface area contributed by atoms with Gasteiger partial charge in [-0.2, -0.15) is 0 Å². The van der Waals surface area contributed by atoms with Gasteiger partial charge in [-0.15, -0.1) is 0 Å². The second kappa shape index (κ2) is 6.57. The minimum Gasteiger partial charge on any atom is -0.491 e. The maximum atomic E-state index is 12.0. The summed E-state index contributed by atoms with van der Waals surface area (Å²) in [5, 5.41) is 6.21. The summed E-state index contributed by atoms with van der Waals surface area (Å²) in [6.45, 7) is 5.78. The maximum Gasteiger partial charge on any atom is 0.228 e. The molecule has 2 rings (SSSR count). The van der Waals surface area contributed by atoms with Crippen molar-refractivity contribution in [2.45, 2.75) is 32.8 Å². The van der Waals surface area contributed by atoms with Crippen molar-refractivity contribution >= 4 is 11.6 Å². The van der Waals surface area contributed by atoms with Gasteiger partial charge in [0.1, 0.15) is 5.75 Å². The van der Waals surface area contributed by atoms with Crippen LogP contribution in [-0.4, -0.2) is 25.1 Å². The van der Waals surface area contributed by atoms with Crippen molar-refractivity contribution in [3.8, 4) is 5.75 Å². The Morgan fingerprint density at radius 1 is 1.37 bits per heavy atom. The first-order valence-corrected chi connectivity index (χ1v) is 6.93. The highest BCUT2D eigenvalue weighted by Gasteiger charge is 2.20. The van der Waals surface area contributed by atoms with E-state index in [1.54, 1.807) is 0 Å². The molecule has 1 saturated heterocycles. The third-order valence-electron chi connectivity index (χ3n) is 3.16. The molecule has 4 nitrogen and oxygen atoms in total. The van der Waals surface area contributed by atoms with E-state index in [1.807, 2.05) is 38.1 Å². The number of ether oxygens (including phenoxy) is 1. The lowest BCUT2D eigenvalue weighted by Gasteiger charge is -2.22. The minimum absolute atomic E-state index is 0.0836. The molecule has 104 valence electrons. The Kier molecular flexibility index (Phi) is 4.80. The fourth-order valence-corrected chi connectivity index (χ4v) is 2.21. The smallest absolute Gasteiger partial charge is 0.228 e. The van der Waals surface area contributed by atoms with Crippen LogP contribution < -0.4 is 15.4 Å². The van der Waals surface area contributed by atoms with E-state index < -0.39 is 0 Å². The molecule has 1 fully saturated rings. The van der Waals surface area contributed by atoms with E-state index in [0.29, 0.717) is 0 Å². The molecule has 1 atom stereocenters. The molecule has 4 heteroatoms. The Labute approximate surface area is 114 Å². The van der Waals surface area contributed by atoms with Crippen LogP contribution in [0.1, 0.15) is 26.7 Å². The molecule has 1 aliphatic rings. The van der Waals surface area contributed by atoms with Crippen LogP contribution in [0.4, 0.5) is 5.69 Å². The Balaban J connectivity index is 1.89. The molecule has 1 unspecified atom stereocenters. The quantitative estimate of drug-likeness (QED) is 0.876. The van der Waals surface area contributed by atoms with E-state index in [2.05, 4.69) is 10.6 Å². The summed E-state index contributed by atoms with van der Waals surface area (Å²) in [4.78, 5) is 12.0. The molecule has 1 aliphatic heterocycles. The molecule has 1 aromatic carbocycles. The molecule has 0 spiro atoms. The van der Waals surface area contributed by atoms with Gasteiger partial charge in [0.05, 0.1) is 12.0 Å². The second-order valence-electron chi connectivity index (χ2n) is 5.22. The summed E-state index contributed by atoms with van der Waals surface area (Å²) in [5.74, 6) is 1.01. The van der Waals surface area contributed by atoms with Crippen molar-refractivity contribution in [3.05, 3.63) is 24.3 Å². The van der Waals surface area contributed by atoms with E-state index in [1.165, 1.54) is 0 Å². The number of hydrogen-bond donors (Lipinski definition) is 2. The van der Waals surface area contributed by atoms with Gasteiger partial charge in [0.15, 0.2) is 0 Å². The molecule has 19 heavy (non-hydrogen) atoms. The predicted molar refractivity (Wildman–Crippen MR) is 76.4 cm³/mol. The standard InChI is InChI=1S/C15H22N2O2/c1-11(2)19-14-7-5-13(6-8-14)17-15(18)12-4-3-9-16-10-12/h5-8,11-12,16H,3-4,9-10H2,1-2H3,(H,17,18). The molecule has 0 radical (unpaired) electrons. The summed E-state index contributed by atoms with van der Waals surface area (Å²) >= 11 is 0. The van der Waals surface area contributed by atoms with E-state index in [4.69, 9.17) is 4.74 Å². The Morgan fingerprint density at radius 3 is 2.68 bits per heavy atom. The summed E-state index contributed by atoms with van der Waals surface area (Å²) in [6.07, 6.45) is 2.20. The molecular weight excluding hydrogens is 240 g/mol. The number of rotatable bonds is 4. The zero-order valence-electron chi connectivity index (χ0n) is 11.6. The van der Waals surface area contributed by atoms with E-state index in [0.717, 1.165) is 37.4 Å². The van der Waals surface area contributed by atoms with Gasteiger partial charge in [0.2, 0.25) is 5.91 Å². The van der Waals surface area contributed by atoms with Gasteiger partial charge in [-0.25, -0.2) is 0 Å². The third-order valence-corrected chi connectivity index (χ3v) is 3.16. The van der Waals surface area contributed by atoms with Crippen LogP contribution in [0, 0.1) is 5.92 Å². The lowest BCUT2D eigenvalue weighted by Crippen LogP contribution is -2.37. The van der Waals surface area contributed by atoms with Gasteiger partial charge in [-0.3, -0.25) is 4.79 Å². The van der Waals surface area contributed by atoms with Crippen LogP contribution in [0.3, 0.4) is 0 Å². The topological polar surface area (TPSA) is 50.4 Å². The van der Waals surface area contributed by atoms with Crippen LogP contribution in [0.2, 0.25) is 0 Å². The highest BCUT2D eigenvalue weighted by atomic mass is 16.5. The first kappa shape index (κ1) is 13.9. The van der Waals surface area contributed by atoms with Crippen molar-refractivity contribution in [2.24, 2.45) is 5.92 Å². The van der Waals surface area contributed by atoms with Crippen molar-refractivity contribution < 1.29 is 9.53 Å². The van der Waals surface area contributed by atoms with Crippen molar-refractivity contribution in [3.63, 3.8) is 0 Å². The molecule has 2 N–H and O–H groups in total. The van der Waals surface area contributed by atoms with Crippen LogP contribution in [0.15, 0.2) is 24.3 Å². The number of amides is 1. The van der Waals surface area contributed by atoms with Crippen molar-refractivity contribution in [1.82, 2.24) is 5.32 Å². The largest absolute Gasteiger partial charge is 0.491 e. The number of anilines is 1. The van der Waals surface area contributed by atoms with Crippen LogP contribution >= 0.6 is 0 Å². The van der Waals surface area contributed by atoms with Gasteiger partial charge in [0.25, 0.3) is 0 Å². The van der Waals surface area contributed by atoms with Crippen molar-refractivity contribution in [2.75, 3.05) is 18.4 Å². The SMILES string of the molecule is CC(C)Oc1ccc(NC(=O)C2CCCNC2)cc1. The van der Waals surface area contributed by atoms with Crippen LogP contribution in [-0.2, 0) is 4.79 Å². The average Bonchev–Trinajstić information content (AvgIpc) is 2.41. The van der Waals surface area contributed by atoms with Gasteiger partial charge >= 0.3 is 0 Å². The van der Waals surface area contributed by atoms with E-state index in [9.17, 15) is 4.79 Å². The first-order valence-electron chi connectivity index (χ1n) is 6.93. The summed E-state index contributed by atoms with van der Waals surface area (Å²) in [5.41, 5.74) is 0.826. The number of piperidine rings is 1. The Bertz CT molecular complexity index is 409. The number of hydrogen-bond acceptors (Lipinski definition) is 3. The molecule has 0 aliphatic carbocycles. The lowest BCUT2D eigenvalue weighted by molar-refractivity contribution is -0.120. The molecule has 1 heterocycles. The summed E-state index contributed by atoms with van der Waals surface area (Å²) in [6, 6.07) is 7.53. The number of benzene rings is 1. The van der Waals surface area contributed by atoms with E-state index >= 15 is 0 Å². The first-order chi connectivity index (χ1) is 9.15. The molecule has 1 amide bonds. The van der Waals surface area contributed by atoms with Gasteiger partial charge in [-0.05, 0) is 57.5 Å². The van der Waals surface area contributed by atoms with Gasteiger partial charge in [0, 0.05) is 12.2 Å². The van der Waals surface area contributed by atoms with Crippen molar-refractivity contribution in [1.29, 1.82) is 0 Å². The van der Waals surface area contributed by atoms with Crippen LogP contribution in [0.25, 0.3) is 0 Å². The summed E-state index contributed by atoms with van der Waals surface area (Å²) < 4.78 is 5.57. The normalized spacial score (nSPS) is 19.2. The average molecular weight is 262 g/mol. The molecule has 0 bridgehead atoms. The molecule has 0 saturated carbocycles. The Hall–Kier alpha value is -1.55. The minimum atomic E-state index is 0.0836.